The first-order chi connectivity index (χ1) is 13.1. The van der Waals surface area contributed by atoms with Gasteiger partial charge in [-0.25, -0.2) is 0 Å². The lowest BCUT2D eigenvalue weighted by molar-refractivity contribution is -0.384. The van der Waals surface area contributed by atoms with E-state index in [1.165, 1.54) is 23.0 Å². The van der Waals surface area contributed by atoms with E-state index in [0.29, 0.717) is 11.3 Å². The van der Waals surface area contributed by atoms with Gasteiger partial charge >= 0.3 is 0 Å². The lowest BCUT2D eigenvalue weighted by atomic mass is 10.1. The van der Waals surface area contributed by atoms with Gasteiger partial charge in [0.1, 0.15) is 0 Å². The number of aryl methyl sites for hydroxylation is 1. The molecule has 0 radical (unpaired) electrons. The Morgan fingerprint density at radius 3 is 2.74 bits per heavy atom. The van der Waals surface area contributed by atoms with Crippen molar-refractivity contribution in [3.8, 4) is 11.3 Å². The number of hydrogen-bond donors (Lipinski definition) is 0. The van der Waals surface area contributed by atoms with Crippen molar-refractivity contribution in [1.29, 1.82) is 0 Å². The molecule has 136 valence electrons. The number of allylic oxidation sites excluding steroid dienone is 1. The molecule has 3 aromatic rings. The first-order valence-corrected chi connectivity index (χ1v) is 9.14. The van der Waals surface area contributed by atoms with Crippen LogP contribution in [0.4, 0.5) is 5.69 Å². The Balaban J connectivity index is 1.97. The molecule has 0 saturated heterocycles. The highest BCUT2D eigenvalue weighted by atomic mass is 32.1. The predicted molar refractivity (Wildman–Crippen MR) is 109 cm³/mol. The molecule has 0 bridgehead atoms. The number of rotatable bonds is 6. The fourth-order valence-corrected chi connectivity index (χ4v) is 3.40. The normalized spacial score (nSPS) is 11.8. The van der Waals surface area contributed by atoms with Crippen LogP contribution in [0.1, 0.15) is 11.1 Å². The van der Waals surface area contributed by atoms with E-state index in [-0.39, 0.29) is 5.69 Å². The third kappa shape index (κ3) is 4.45. The quantitative estimate of drug-likeness (QED) is 0.273. The van der Waals surface area contributed by atoms with Crippen LogP contribution in [0.15, 0.2) is 76.8 Å². The monoisotopic (exact) mass is 378 g/mol. The SMILES string of the molecule is C=CCn1c(-c2cccc([N+](=O)[O-])c2)cs/c1=N\N=C/c1ccc(C)cc1. The summed E-state index contributed by atoms with van der Waals surface area (Å²) in [6, 6.07) is 14.6. The minimum Gasteiger partial charge on any atom is -0.311 e. The third-order valence-corrected chi connectivity index (χ3v) is 4.74. The van der Waals surface area contributed by atoms with E-state index in [2.05, 4.69) is 16.8 Å². The van der Waals surface area contributed by atoms with Gasteiger partial charge in [0, 0.05) is 29.6 Å². The van der Waals surface area contributed by atoms with Gasteiger partial charge in [-0.15, -0.1) is 23.0 Å². The summed E-state index contributed by atoms with van der Waals surface area (Å²) in [5.74, 6) is 0. The smallest absolute Gasteiger partial charge is 0.270 e. The Kier molecular flexibility index (Phi) is 5.73. The van der Waals surface area contributed by atoms with Crippen molar-refractivity contribution < 1.29 is 4.92 Å². The van der Waals surface area contributed by atoms with Gasteiger partial charge in [0.15, 0.2) is 0 Å². The van der Waals surface area contributed by atoms with Crippen LogP contribution in [0.3, 0.4) is 0 Å². The van der Waals surface area contributed by atoms with E-state index in [0.717, 1.165) is 16.8 Å². The van der Waals surface area contributed by atoms with Crippen molar-refractivity contribution >= 4 is 23.2 Å². The van der Waals surface area contributed by atoms with Crippen LogP contribution in [0.5, 0.6) is 0 Å². The molecule has 7 heteroatoms. The van der Waals surface area contributed by atoms with Gasteiger partial charge in [-0.1, -0.05) is 48.0 Å². The summed E-state index contributed by atoms with van der Waals surface area (Å²) in [6.07, 6.45) is 3.46. The molecule has 6 nitrogen and oxygen atoms in total. The molecule has 0 fully saturated rings. The van der Waals surface area contributed by atoms with Crippen LogP contribution >= 0.6 is 11.3 Å². The molecule has 0 aliphatic carbocycles. The number of aromatic nitrogens is 1. The van der Waals surface area contributed by atoms with Gasteiger partial charge in [-0.05, 0) is 12.5 Å². The summed E-state index contributed by atoms with van der Waals surface area (Å²) in [7, 11) is 0. The molecular weight excluding hydrogens is 360 g/mol. The zero-order valence-electron chi connectivity index (χ0n) is 14.8. The van der Waals surface area contributed by atoms with E-state index >= 15 is 0 Å². The van der Waals surface area contributed by atoms with E-state index < -0.39 is 4.92 Å². The van der Waals surface area contributed by atoms with Gasteiger partial charge in [0.25, 0.3) is 5.69 Å². The maximum Gasteiger partial charge on any atom is 0.270 e. The molecule has 0 amide bonds. The van der Waals surface area contributed by atoms with Crippen molar-refractivity contribution in [1.82, 2.24) is 4.57 Å². The highest BCUT2D eigenvalue weighted by Crippen LogP contribution is 2.24. The molecule has 0 aliphatic heterocycles. The lowest BCUT2D eigenvalue weighted by Gasteiger charge is -2.06. The number of hydrogen-bond acceptors (Lipinski definition) is 5. The van der Waals surface area contributed by atoms with Gasteiger partial charge in [-0.2, -0.15) is 5.10 Å². The first-order valence-electron chi connectivity index (χ1n) is 8.26. The zero-order chi connectivity index (χ0) is 19.2. The Labute approximate surface area is 160 Å². The average molecular weight is 378 g/mol. The van der Waals surface area contributed by atoms with Crippen molar-refractivity contribution in [2.24, 2.45) is 10.2 Å². The molecule has 0 saturated carbocycles. The average Bonchev–Trinajstić information content (AvgIpc) is 3.06. The maximum atomic E-state index is 11.0. The van der Waals surface area contributed by atoms with E-state index in [9.17, 15) is 10.1 Å². The number of nitro benzene ring substituents is 1. The third-order valence-electron chi connectivity index (χ3n) is 3.89. The van der Waals surface area contributed by atoms with Crippen LogP contribution in [0.2, 0.25) is 0 Å². The summed E-state index contributed by atoms with van der Waals surface area (Å²) in [5, 5.41) is 21.5. The van der Waals surface area contributed by atoms with Crippen molar-refractivity contribution in [3.63, 3.8) is 0 Å². The Morgan fingerprint density at radius 2 is 2.04 bits per heavy atom. The molecule has 0 N–H and O–H groups in total. The highest BCUT2D eigenvalue weighted by Gasteiger charge is 2.11. The molecule has 2 aromatic carbocycles. The molecular formula is C20H18N4O2S. The number of nitro groups is 1. The van der Waals surface area contributed by atoms with Gasteiger partial charge in [0.05, 0.1) is 16.8 Å². The fraction of sp³-hybridized carbons (Fsp3) is 0.100. The van der Waals surface area contributed by atoms with Gasteiger partial charge < -0.3 is 4.57 Å². The van der Waals surface area contributed by atoms with Crippen molar-refractivity contribution in [3.05, 3.63) is 92.6 Å². The summed E-state index contributed by atoms with van der Waals surface area (Å²) >= 11 is 1.43. The molecule has 1 heterocycles. The molecule has 0 atom stereocenters. The van der Waals surface area contributed by atoms with Crippen LogP contribution in [-0.2, 0) is 6.54 Å². The van der Waals surface area contributed by atoms with E-state index in [4.69, 9.17) is 0 Å². The second-order valence-electron chi connectivity index (χ2n) is 5.87. The standard InChI is InChI=1S/C20H18N4O2S/c1-3-11-23-19(17-5-4-6-18(12-17)24(25)26)14-27-20(23)22-21-13-16-9-7-15(2)8-10-16/h3-10,12-14H,1,11H2,2H3/b21-13-,22-20-. The van der Waals surface area contributed by atoms with E-state index in [1.807, 2.05) is 47.2 Å². The number of non-ortho nitro benzene ring substituents is 1. The zero-order valence-corrected chi connectivity index (χ0v) is 15.6. The van der Waals surface area contributed by atoms with E-state index in [1.54, 1.807) is 24.4 Å². The van der Waals surface area contributed by atoms with Crippen molar-refractivity contribution in [2.75, 3.05) is 0 Å². The highest BCUT2D eigenvalue weighted by molar-refractivity contribution is 7.07. The minimum atomic E-state index is -0.398. The minimum absolute atomic E-state index is 0.0553. The number of benzene rings is 2. The molecule has 27 heavy (non-hydrogen) atoms. The molecule has 0 spiro atoms. The molecule has 0 unspecified atom stereocenters. The summed E-state index contributed by atoms with van der Waals surface area (Å²) < 4.78 is 1.93. The van der Waals surface area contributed by atoms with Gasteiger partial charge in [-0.3, -0.25) is 10.1 Å². The number of nitrogens with zero attached hydrogens (tertiary/aromatic N) is 4. The largest absolute Gasteiger partial charge is 0.311 e. The predicted octanol–water partition coefficient (Wildman–Crippen LogP) is 4.55. The van der Waals surface area contributed by atoms with Crippen LogP contribution < -0.4 is 4.80 Å². The van der Waals surface area contributed by atoms with Crippen LogP contribution in [-0.4, -0.2) is 15.7 Å². The summed E-state index contributed by atoms with van der Waals surface area (Å²) in [4.78, 5) is 11.3. The van der Waals surface area contributed by atoms with Crippen molar-refractivity contribution in [2.45, 2.75) is 13.5 Å². The summed E-state index contributed by atoms with van der Waals surface area (Å²) in [6.45, 7) is 6.35. The molecule has 0 aliphatic rings. The Morgan fingerprint density at radius 1 is 1.26 bits per heavy atom. The maximum absolute atomic E-state index is 11.0. The topological polar surface area (TPSA) is 72.8 Å². The number of thiazole rings is 1. The molecule has 3 rings (SSSR count). The molecule has 1 aromatic heterocycles. The first kappa shape index (κ1) is 18.5. The summed E-state index contributed by atoms with van der Waals surface area (Å²) in [5.41, 5.74) is 3.81. The Bertz CT molecular complexity index is 1060. The Hall–Kier alpha value is -3.32. The second-order valence-corrected chi connectivity index (χ2v) is 6.70. The van der Waals surface area contributed by atoms with Crippen LogP contribution in [0.25, 0.3) is 11.3 Å². The fourth-order valence-electron chi connectivity index (χ4n) is 2.52. The second kappa shape index (κ2) is 8.37. The van der Waals surface area contributed by atoms with Crippen LogP contribution in [0, 0.1) is 17.0 Å². The lowest BCUT2D eigenvalue weighted by Crippen LogP contribution is -2.14. The van der Waals surface area contributed by atoms with Gasteiger partial charge in [0.2, 0.25) is 4.80 Å².